The Morgan fingerprint density at radius 1 is 1.22 bits per heavy atom. The lowest BCUT2D eigenvalue weighted by Crippen LogP contribution is -2.35. The number of hydrogen-bond acceptors (Lipinski definition) is 4. The maximum absolute atomic E-state index is 11.7. The van der Waals surface area contributed by atoms with Crippen LogP contribution in [0, 0.1) is 0 Å². The monoisotopic (exact) mass is 256 g/mol. The first-order valence-corrected chi connectivity index (χ1v) is 6.04. The Kier molecular flexibility index (Phi) is 6.38. The van der Waals surface area contributed by atoms with E-state index in [4.69, 9.17) is 9.84 Å². The molecule has 18 heavy (non-hydrogen) atoms. The minimum absolute atomic E-state index is 0.231. The molecule has 0 aromatic carbocycles. The molecule has 0 aromatic rings. The second kappa shape index (κ2) is 7.84. The topological polar surface area (TPSA) is 70.1 Å². The summed E-state index contributed by atoms with van der Waals surface area (Å²) in [5.74, 6) is -1.33. The average Bonchev–Trinajstić information content (AvgIpc) is 2.58. The second-order valence-corrected chi connectivity index (χ2v) is 4.18. The average molecular weight is 256 g/mol. The molecule has 0 saturated carbocycles. The molecule has 1 amide bonds. The molecule has 0 unspecified atom stereocenters. The van der Waals surface area contributed by atoms with Gasteiger partial charge in [-0.3, -0.25) is 9.69 Å². The van der Waals surface area contributed by atoms with Crippen molar-refractivity contribution in [2.24, 2.45) is 0 Å². The van der Waals surface area contributed by atoms with Gasteiger partial charge >= 0.3 is 5.97 Å². The molecule has 0 aromatic heterocycles. The van der Waals surface area contributed by atoms with Crippen LogP contribution < -0.4 is 0 Å². The lowest BCUT2D eigenvalue weighted by molar-refractivity contribution is -0.132. The van der Waals surface area contributed by atoms with Gasteiger partial charge in [0.1, 0.15) is 0 Å². The number of carboxylic acids is 1. The van der Waals surface area contributed by atoms with Crippen molar-refractivity contribution in [3.8, 4) is 0 Å². The zero-order valence-corrected chi connectivity index (χ0v) is 10.7. The molecule has 0 bridgehead atoms. The van der Waals surface area contributed by atoms with Crippen molar-refractivity contribution in [1.82, 2.24) is 9.80 Å². The summed E-state index contributed by atoms with van der Waals surface area (Å²) < 4.78 is 5.03. The Balaban J connectivity index is 2.41. The molecule has 1 saturated heterocycles. The molecule has 0 radical (unpaired) electrons. The fourth-order valence-electron chi connectivity index (χ4n) is 1.88. The largest absolute Gasteiger partial charge is 0.478 e. The van der Waals surface area contributed by atoms with Crippen LogP contribution in [0.4, 0.5) is 0 Å². The van der Waals surface area contributed by atoms with Gasteiger partial charge in [-0.2, -0.15) is 0 Å². The third kappa shape index (κ3) is 5.29. The number of nitrogens with zero attached hydrogens (tertiary/aromatic N) is 2. The summed E-state index contributed by atoms with van der Waals surface area (Å²) in [7, 11) is 1.67. The number of carboxylic acid groups (broad SMARTS) is 1. The highest BCUT2D eigenvalue weighted by atomic mass is 16.5. The highest BCUT2D eigenvalue weighted by molar-refractivity contribution is 5.93. The minimum atomic E-state index is -1.10. The van der Waals surface area contributed by atoms with Gasteiger partial charge in [0.15, 0.2) is 0 Å². The Labute approximate surface area is 107 Å². The fourth-order valence-corrected chi connectivity index (χ4v) is 1.88. The van der Waals surface area contributed by atoms with Crippen molar-refractivity contribution in [2.45, 2.75) is 6.42 Å². The van der Waals surface area contributed by atoms with E-state index in [1.165, 1.54) is 0 Å². The molecule has 6 heteroatoms. The van der Waals surface area contributed by atoms with Crippen molar-refractivity contribution in [1.29, 1.82) is 0 Å². The molecule has 0 atom stereocenters. The van der Waals surface area contributed by atoms with Crippen LogP contribution in [0.2, 0.25) is 0 Å². The molecular formula is C12H20N2O4. The van der Waals surface area contributed by atoms with Crippen LogP contribution in [0.3, 0.4) is 0 Å². The van der Waals surface area contributed by atoms with E-state index in [1.54, 1.807) is 12.0 Å². The molecule has 0 spiro atoms. The van der Waals surface area contributed by atoms with E-state index in [2.05, 4.69) is 4.90 Å². The lowest BCUT2D eigenvalue weighted by Gasteiger charge is -2.20. The number of methoxy groups -OCH3 is 1. The Bertz CT molecular complexity index is 317. The van der Waals surface area contributed by atoms with Gasteiger partial charge in [-0.05, 0) is 13.0 Å². The smallest absolute Gasteiger partial charge is 0.328 e. The maximum atomic E-state index is 11.7. The summed E-state index contributed by atoms with van der Waals surface area (Å²) in [4.78, 5) is 26.0. The molecule has 1 heterocycles. The minimum Gasteiger partial charge on any atom is -0.478 e. The maximum Gasteiger partial charge on any atom is 0.328 e. The first kappa shape index (κ1) is 14.7. The molecule has 1 rings (SSSR count). The van der Waals surface area contributed by atoms with Crippen LogP contribution in [0.25, 0.3) is 0 Å². The number of hydrogen-bond donors (Lipinski definition) is 1. The van der Waals surface area contributed by atoms with Crippen LogP contribution in [0.1, 0.15) is 6.42 Å². The highest BCUT2D eigenvalue weighted by Crippen LogP contribution is 2.03. The lowest BCUT2D eigenvalue weighted by atomic mass is 10.3. The third-order valence-electron chi connectivity index (χ3n) is 2.88. The Morgan fingerprint density at radius 2 is 2.00 bits per heavy atom. The standard InChI is InChI=1S/C12H20N2O4/c1-18-10-9-13-5-2-6-14(8-7-13)11(15)3-4-12(16)17/h3-4H,2,5-10H2,1H3,(H,16,17)/b4-3+. The van der Waals surface area contributed by atoms with E-state index in [0.717, 1.165) is 38.2 Å². The van der Waals surface area contributed by atoms with Crippen molar-refractivity contribution >= 4 is 11.9 Å². The predicted molar refractivity (Wildman–Crippen MR) is 66.3 cm³/mol. The van der Waals surface area contributed by atoms with E-state index in [1.807, 2.05) is 0 Å². The van der Waals surface area contributed by atoms with E-state index in [9.17, 15) is 9.59 Å². The van der Waals surface area contributed by atoms with Crippen molar-refractivity contribution < 1.29 is 19.4 Å². The fraction of sp³-hybridized carbons (Fsp3) is 0.667. The molecule has 1 aliphatic heterocycles. The third-order valence-corrected chi connectivity index (χ3v) is 2.88. The van der Waals surface area contributed by atoms with Crippen LogP contribution in [-0.2, 0) is 14.3 Å². The first-order chi connectivity index (χ1) is 8.63. The van der Waals surface area contributed by atoms with Gasteiger partial charge in [0, 0.05) is 45.4 Å². The molecule has 0 aliphatic carbocycles. The molecule has 1 fully saturated rings. The predicted octanol–water partition coefficient (Wildman–Crippen LogP) is -0.192. The second-order valence-electron chi connectivity index (χ2n) is 4.18. The van der Waals surface area contributed by atoms with Crippen LogP contribution >= 0.6 is 0 Å². The summed E-state index contributed by atoms with van der Waals surface area (Å²) in [6, 6.07) is 0. The van der Waals surface area contributed by atoms with Crippen molar-refractivity contribution in [3.63, 3.8) is 0 Å². The highest BCUT2D eigenvalue weighted by Gasteiger charge is 2.17. The van der Waals surface area contributed by atoms with E-state index < -0.39 is 5.97 Å². The van der Waals surface area contributed by atoms with Crippen molar-refractivity contribution in [3.05, 3.63) is 12.2 Å². The molecule has 1 aliphatic rings. The quantitative estimate of drug-likeness (QED) is 0.690. The summed E-state index contributed by atoms with van der Waals surface area (Å²) in [5.41, 5.74) is 0. The number of carbonyl (C=O) groups excluding carboxylic acids is 1. The van der Waals surface area contributed by atoms with Gasteiger partial charge in [-0.25, -0.2) is 4.79 Å². The van der Waals surface area contributed by atoms with Crippen LogP contribution in [0.5, 0.6) is 0 Å². The van der Waals surface area contributed by atoms with Gasteiger partial charge in [0.05, 0.1) is 6.61 Å². The van der Waals surface area contributed by atoms with E-state index in [-0.39, 0.29) is 5.91 Å². The van der Waals surface area contributed by atoms with Gasteiger partial charge in [-0.15, -0.1) is 0 Å². The van der Waals surface area contributed by atoms with Gasteiger partial charge < -0.3 is 14.7 Å². The first-order valence-electron chi connectivity index (χ1n) is 6.04. The number of amides is 1. The summed E-state index contributed by atoms with van der Waals surface area (Å²) in [5, 5.41) is 8.48. The van der Waals surface area contributed by atoms with Gasteiger partial charge in [-0.1, -0.05) is 0 Å². The summed E-state index contributed by atoms with van der Waals surface area (Å²) >= 11 is 0. The number of aliphatic carboxylic acids is 1. The van der Waals surface area contributed by atoms with E-state index >= 15 is 0 Å². The zero-order chi connectivity index (χ0) is 13.4. The Morgan fingerprint density at radius 3 is 2.67 bits per heavy atom. The molecular weight excluding hydrogens is 236 g/mol. The van der Waals surface area contributed by atoms with Crippen molar-refractivity contribution in [2.75, 3.05) is 46.4 Å². The molecule has 102 valence electrons. The zero-order valence-electron chi connectivity index (χ0n) is 10.7. The number of rotatable bonds is 5. The summed E-state index contributed by atoms with van der Waals surface area (Å²) in [6.07, 6.45) is 2.90. The van der Waals surface area contributed by atoms with Gasteiger partial charge in [0.25, 0.3) is 0 Å². The van der Waals surface area contributed by atoms with Crippen LogP contribution in [0.15, 0.2) is 12.2 Å². The number of carbonyl (C=O) groups is 2. The van der Waals surface area contributed by atoms with Gasteiger partial charge in [0.2, 0.25) is 5.91 Å². The SMILES string of the molecule is COCCN1CCCN(C(=O)/C=C/C(=O)O)CC1. The Hall–Kier alpha value is -1.40. The number of ether oxygens (including phenoxy) is 1. The normalized spacial score (nSPS) is 17.9. The molecule has 1 N–H and O–H groups in total. The van der Waals surface area contributed by atoms with E-state index in [0.29, 0.717) is 19.7 Å². The summed E-state index contributed by atoms with van der Waals surface area (Å²) in [6.45, 7) is 4.60. The van der Waals surface area contributed by atoms with Crippen LogP contribution in [-0.4, -0.2) is 73.2 Å². The molecule has 6 nitrogen and oxygen atoms in total.